The number of aromatic nitrogens is 1. The summed E-state index contributed by atoms with van der Waals surface area (Å²) in [6, 6.07) is 5.80. The highest BCUT2D eigenvalue weighted by Crippen LogP contribution is 2.32. The lowest BCUT2D eigenvalue weighted by molar-refractivity contribution is -0.128. The van der Waals surface area contributed by atoms with E-state index in [-0.39, 0.29) is 11.5 Å². The van der Waals surface area contributed by atoms with Crippen molar-refractivity contribution in [2.75, 3.05) is 32.8 Å². The fraction of sp³-hybridized carbons (Fsp3) is 0.542. The zero-order chi connectivity index (χ0) is 22.7. The summed E-state index contributed by atoms with van der Waals surface area (Å²) in [5, 5.41) is 3.61. The quantitative estimate of drug-likeness (QED) is 0.587. The van der Waals surface area contributed by atoms with Gasteiger partial charge in [0, 0.05) is 48.9 Å². The van der Waals surface area contributed by atoms with Gasteiger partial charge in [0.1, 0.15) is 12.0 Å². The van der Waals surface area contributed by atoms with Crippen LogP contribution in [0.25, 0.3) is 0 Å². The average Bonchev–Trinajstić information content (AvgIpc) is 3.28. The minimum absolute atomic E-state index is 0.0111. The molecule has 1 amide bonds. The Morgan fingerprint density at radius 3 is 2.78 bits per heavy atom. The number of benzene rings is 1. The number of hydrogen-bond acceptors (Lipinski definition) is 6. The number of ether oxygens (including phenoxy) is 1. The second kappa shape index (κ2) is 10.00. The van der Waals surface area contributed by atoms with Gasteiger partial charge in [-0.2, -0.15) is 0 Å². The van der Waals surface area contributed by atoms with E-state index >= 15 is 0 Å². The summed E-state index contributed by atoms with van der Waals surface area (Å²) >= 11 is 7.96. The molecule has 0 bridgehead atoms. The topological polar surface area (TPSA) is 62.7 Å². The van der Waals surface area contributed by atoms with Crippen molar-refractivity contribution in [3.8, 4) is 0 Å². The second-order valence-corrected chi connectivity index (χ2v) is 10.4. The molecule has 2 fully saturated rings. The van der Waals surface area contributed by atoms with Crippen LogP contribution in [-0.4, -0.2) is 65.4 Å². The Kier molecular flexibility index (Phi) is 7.30. The maximum Gasteiger partial charge on any atom is 0.273 e. The van der Waals surface area contributed by atoms with Crippen molar-refractivity contribution in [3.05, 3.63) is 50.4 Å². The SMILES string of the molecule is CC(C)c1nc(C(=O)N2CCOC3(CCN(Cc4cc(CC=O)ccc4Cl)CC3)C2)cs1. The molecule has 1 aromatic heterocycles. The first-order valence-electron chi connectivity index (χ1n) is 11.2. The Hall–Kier alpha value is -1.80. The van der Waals surface area contributed by atoms with Gasteiger partial charge in [0.15, 0.2) is 0 Å². The molecule has 2 aromatic rings. The summed E-state index contributed by atoms with van der Waals surface area (Å²) in [5.74, 6) is 0.339. The highest BCUT2D eigenvalue weighted by Gasteiger charge is 2.41. The standard InChI is InChI=1S/C24H30ClN3O3S/c1-17(2)22-26-21(15-32-22)23(30)28-10-12-31-24(16-28)6-8-27(9-7-24)14-19-13-18(5-11-29)3-4-20(19)25/h3-4,11,13,15,17H,5-10,12,14,16H2,1-2H3. The van der Waals surface area contributed by atoms with Crippen LogP contribution in [0.2, 0.25) is 5.02 Å². The summed E-state index contributed by atoms with van der Waals surface area (Å²) in [4.78, 5) is 32.7. The van der Waals surface area contributed by atoms with Crippen LogP contribution in [0.5, 0.6) is 0 Å². The Bertz CT molecular complexity index is 969. The fourth-order valence-corrected chi connectivity index (χ4v) is 5.45. The molecule has 2 aliphatic heterocycles. The number of thiazole rings is 1. The van der Waals surface area contributed by atoms with Gasteiger partial charge in [0.05, 0.1) is 23.8 Å². The van der Waals surface area contributed by atoms with Gasteiger partial charge < -0.3 is 14.4 Å². The van der Waals surface area contributed by atoms with Gasteiger partial charge in [-0.1, -0.05) is 37.6 Å². The van der Waals surface area contributed by atoms with Crippen LogP contribution >= 0.6 is 22.9 Å². The maximum absolute atomic E-state index is 13.1. The first-order chi connectivity index (χ1) is 15.4. The predicted molar refractivity (Wildman–Crippen MR) is 127 cm³/mol. The van der Waals surface area contributed by atoms with Crippen LogP contribution < -0.4 is 0 Å². The van der Waals surface area contributed by atoms with E-state index in [1.54, 1.807) is 11.3 Å². The Labute approximate surface area is 198 Å². The molecular weight excluding hydrogens is 446 g/mol. The Morgan fingerprint density at radius 1 is 1.31 bits per heavy atom. The zero-order valence-electron chi connectivity index (χ0n) is 18.7. The van der Waals surface area contributed by atoms with E-state index < -0.39 is 0 Å². The average molecular weight is 476 g/mol. The molecule has 172 valence electrons. The molecule has 0 radical (unpaired) electrons. The first-order valence-corrected chi connectivity index (χ1v) is 12.5. The van der Waals surface area contributed by atoms with E-state index in [1.165, 1.54) is 0 Å². The smallest absolute Gasteiger partial charge is 0.273 e. The minimum atomic E-state index is -0.287. The van der Waals surface area contributed by atoms with Gasteiger partial charge in [-0.3, -0.25) is 9.69 Å². The third-order valence-electron chi connectivity index (χ3n) is 6.36. The van der Waals surface area contributed by atoms with Gasteiger partial charge in [-0.05, 0) is 30.0 Å². The number of hydrogen-bond donors (Lipinski definition) is 0. The summed E-state index contributed by atoms with van der Waals surface area (Å²) < 4.78 is 6.24. The van der Waals surface area contributed by atoms with Crippen LogP contribution in [0, 0.1) is 0 Å². The number of halogens is 1. The molecule has 3 heterocycles. The van der Waals surface area contributed by atoms with E-state index in [0.29, 0.717) is 37.7 Å². The number of piperidine rings is 1. The molecule has 0 unspecified atom stereocenters. The van der Waals surface area contributed by atoms with Crippen molar-refractivity contribution in [2.24, 2.45) is 0 Å². The lowest BCUT2D eigenvalue weighted by Gasteiger charge is -2.47. The number of likely N-dealkylation sites (tertiary alicyclic amines) is 1. The molecule has 6 nitrogen and oxygen atoms in total. The van der Waals surface area contributed by atoms with E-state index in [0.717, 1.165) is 59.9 Å². The number of carbonyl (C=O) groups is 2. The molecule has 1 spiro atoms. The van der Waals surface area contributed by atoms with Crippen molar-refractivity contribution in [2.45, 2.75) is 51.2 Å². The van der Waals surface area contributed by atoms with Crippen LogP contribution in [0.1, 0.15) is 59.2 Å². The van der Waals surface area contributed by atoms with E-state index in [4.69, 9.17) is 16.3 Å². The highest BCUT2D eigenvalue weighted by molar-refractivity contribution is 7.09. The molecule has 0 saturated carbocycles. The summed E-state index contributed by atoms with van der Waals surface area (Å²) in [5.41, 5.74) is 2.30. The van der Waals surface area contributed by atoms with Gasteiger partial charge in [0.2, 0.25) is 0 Å². The molecule has 0 atom stereocenters. The molecule has 32 heavy (non-hydrogen) atoms. The van der Waals surface area contributed by atoms with Crippen molar-refractivity contribution in [3.63, 3.8) is 0 Å². The number of nitrogens with zero attached hydrogens (tertiary/aromatic N) is 3. The summed E-state index contributed by atoms with van der Waals surface area (Å²) in [7, 11) is 0. The van der Waals surface area contributed by atoms with Gasteiger partial charge in [-0.25, -0.2) is 4.98 Å². The molecule has 2 aliphatic rings. The lowest BCUT2D eigenvalue weighted by Crippen LogP contribution is -2.58. The Morgan fingerprint density at radius 2 is 2.09 bits per heavy atom. The molecular formula is C24H30ClN3O3S. The van der Waals surface area contributed by atoms with Crippen molar-refractivity contribution >= 4 is 35.1 Å². The molecule has 2 saturated heterocycles. The van der Waals surface area contributed by atoms with Gasteiger partial charge in [0.25, 0.3) is 5.91 Å². The zero-order valence-corrected chi connectivity index (χ0v) is 20.3. The van der Waals surface area contributed by atoms with Gasteiger partial charge >= 0.3 is 0 Å². The highest BCUT2D eigenvalue weighted by atomic mass is 35.5. The molecule has 4 rings (SSSR count). The van der Waals surface area contributed by atoms with E-state index in [9.17, 15) is 9.59 Å². The molecule has 1 aromatic carbocycles. The van der Waals surface area contributed by atoms with Crippen molar-refractivity contribution < 1.29 is 14.3 Å². The number of rotatable bonds is 6. The maximum atomic E-state index is 13.1. The fourth-order valence-electron chi connectivity index (χ4n) is 4.47. The lowest BCUT2D eigenvalue weighted by atomic mass is 9.89. The molecule has 8 heteroatoms. The monoisotopic (exact) mass is 475 g/mol. The minimum Gasteiger partial charge on any atom is -0.371 e. The molecule has 0 aliphatic carbocycles. The molecule has 0 N–H and O–H groups in total. The van der Waals surface area contributed by atoms with Crippen LogP contribution in [0.15, 0.2) is 23.6 Å². The van der Waals surface area contributed by atoms with Crippen LogP contribution in [0.4, 0.5) is 0 Å². The van der Waals surface area contributed by atoms with Crippen LogP contribution in [0.3, 0.4) is 0 Å². The summed E-state index contributed by atoms with van der Waals surface area (Å²) in [6.45, 7) is 8.48. The normalized spacial score (nSPS) is 18.9. The number of aldehydes is 1. The largest absolute Gasteiger partial charge is 0.371 e. The van der Waals surface area contributed by atoms with E-state index in [1.807, 2.05) is 28.5 Å². The number of morpholine rings is 1. The van der Waals surface area contributed by atoms with Crippen molar-refractivity contribution in [1.29, 1.82) is 0 Å². The third-order valence-corrected chi connectivity index (χ3v) is 7.88. The summed E-state index contributed by atoms with van der Waals surface area (Å²) in [6.07, 6.45) is 3.07. The van der Waals surface area contributed by atoms with Crippen LogP contribution in [-0.2, 0) is 22.5 Å². The third kappa shape index (κ3) is 5.22. The second-order valence-electron chi connectivity index (χ2n) is 9.06. The van der Waals surface area contributed by atoms with E-state index in [2.05, 4.69) is 23.7 Å². The number of carbonyl (C=O) groups excluding carboxylic acids is 2. The predicted octanol–water partition coefficient (Wildman–Crippen LogP) is 4.17. The first kappa shape index (κ1) is 23.4. The Balaban J connectivity index is 1.37. The number of amides is 1. The van der Waals surface area contributed by atoms with Crippen molar-refractivity contribution in [1.82, 2.24) is 14.8 Å². The van der Waals surface area contributed by atoms with Gasteiger partial charge in [-0.15, -0.1) is 11.3 Å².